The number of rotatable bonds is 4. The van der Waals surface area contributed by atoms with E-state index in [0.29, 0.717) is 12.1 Å². The molecule has 6 nitrogen and oxygen atoms in total. The molecule has 0 spiro atoms. The summed E-state index contributed by atoms with van der Waals surface area (Å²) in [5, 5.41) is 9.70. The van der Waals surface area contributed by atoms with E-state index in [1.54, 1.807) is 0 Å². The number of hydrogen-bond acceptors (Lipinski definition) is 5. The third-order valence-electron chi connectivity index (χ3n) is 2.85. The van der Waals surface area contributed by atoms with Gasteiger partial charge in [0, 0.05) is 12.1 Å². The highest BCUT2D eigenvalue weighted by atomic mass is 35.5. The summed E-state index contributed by atoms with van der Waals surface area (Å²) in [6.07, 6.45) is -4.79. The second kappa shape index (κ2) is 6.70. The van der Waals surface area contributed by atoms with E-state index < -0.39 is 53.2 Å². The van der Waals surface area contributed by atoms with Crippen LogP contribution in [0.25, 0.3) is 0 Å². The predicted molar refractivity (Wildman–Crippen MR) is 82.4 cm³/mol. The Hall–Kier alpha value is -2.04. The molecule has 0 fully saturated rings. The quantitative estimate of drug-likeness (QED) is 0.410. The normalized spacial score (nSPS) is 12.0. The van der Waals surface area contributed by atoms with Crippen LogP contribution in [-0.4, -0.2) is 13.3 Å². The van der Waals surface area contributed by atoms with Gasteiger partial charge in [-0.15, -0.1) is 0 Å². The molecule has 0 unspecified atom stereocenters. The van der Waals surface area contributed by atoms with E-state index in [1.165, 1.54) is 0 Å². The van der Waals surface area contributed by atoms with Gasteiger partial charge in [-0.1, -0.05) is 23.2 Å². The molecule has 0 atom stereocenters. The third-order valence-corrected chi connectivity index (χ3v) is 4.87. The first-order valence-corrected chi connectivity index (χ1v) is 8.33. The number of hydrogen-bond donors (Lipinski definition) is 0. The molecule has 0 aliphatic heterocycles. The molecule has 0 saturated heterocycles. The molecule has 0 aliphatic rings. The number of alkyl halides is 3. The van der Waals surface area contributed by atoms with Gasteiger partial charge in [-0.3, -0.25) is 10.1 Å². The summed E-state index contributed by atoms with van der Waals surface area (Å²) >= 11 is 11.4. The smallest absolute Gasteiger partial charge is 0.377 e. The monoisotopic (exact) mass is 415 g/mol. The van der Waals surface area contributed by atoms with E-state index in [-0.39, 0.29) is 0 Å². The van der Waals surface area contributed by atoms with Crippen LogP contribution in [0.2, 0.25) is 10.0 Å². The fourth-order valence-electron chi connectivity index (χ4n) is 1.71. The van der Waals surface area contributed by atoms with Gasteiger partial charge in [0.05, 0.1) is 20.5 Å². The summed E-state index contributed by atoms with van der Waals surface area (Å²) in [5.41, 5.74) is -1.67. The van der Waals surface area contributed by atoms with E-state index in [9.17, 15) is 31.7 Å². The van der Waals surface area contributed by atoms with Crippen molar-refractivity contribution < 1.29 is 30.7 Å². The van der Waals surface area contributed by atoms with Crippen molar-refractivity contribution in [1.29, 1.82) is 0 Å². The summed E-state index contributed by atoms with van der Waals surface area (Å²) < 4.78 is 67.3. The maximum absolute atomic E-state index is 12.7. The highest BCUT2D eigenvalue weighted by Gasteiger charge is 2.33. The summed E-state index contributed by atoms with van der Waals surface area (Å²) in [6.45, 7) is 0. The number of halogens is 5. The average Bonchev–Trinajstić information content (AvgIpc) is 2.48. The zero-order valence-electron chi connectivity index (χ0n) is 11.8. The van der Waals surface area contributed by atoms with Gasteiger partial charge >= 0.3 is 16.3 Å². The molecular formula is C13H6Cl2F3NO5S. The lowest BCUT2D eigenvalue weighted by molar-refractivity contribution is -0.384. The van der Waals surface area contributed by atoms with Crippen LogP contribution in [0.3, 0.4) is 0 Å². The molecule has 25 heavy (non-hydrogen) atoms. The average molecular weight is 416 g/mol. The number of nitrogens with zero attached hydrogens (tertiary/aromatic N) is 1. The molecule has 2 rings (SSSR count). The maximum Gasteiger partial charge on any atom is 0.416 e. The Morgan fingerprint density at radius 3 is 2.20 bits per heavy atom. The summed E-state index contributed by atoms with van der Waals surface area (Å²) in [7, 11) is -4.77. The zero-order valence-corrected chi connectivity index (χ0v) is 14.1. The van der Waals surface area contributed by atoms with Crippen LogP contribution in [0.4, 0.5) is 18.9 Å². The maximum atomic E-state index is 12.7. The molecule has 0 amide bonds. The van der Waals surface area contributed by atoms with Gasteiger partial charge in [-0.2, -0.15) is 21.6 Å². The van der Waals surface area contributed by atoms with Crippen molar-refractivity contribution in [2.45, 2.75) is 11.1 Å². The Morgan fingerprint density at radius 1 is 1.04 bits per heavy atom. The first-order chi connectivity index (χ1) is 11.4. The lowest BCUT2D eigenvalue weighted by Gasteiger charge is -2.12. The molecule has 0 aromatic heterocycles. The SMILES string of the molecule is O=[N+]([O-])c1ccc(OS(=O)(=O)c2cc(C(F)(F)F)ccc2Cl)c(Cl)c1. The van der Waals surface area contributed by atoms with Crippen LogP contribution in [-0.2, 0) is 16.3 Å². The van der Waals surface area contributed by atoms with Crippen molar-refractivity contribution in [2.24, 2.45) is 0 Å². The van der Waals surface area contributed by atoms with Crippen molar-refractivity contribution in [3.05, 3.63) is 62.1 Å². The molecule has 0 radical (unpaired) electrons. The van der Waals surface area contributed by atoms with E-state index in [4.69, 9.17) is 23.2 Å². The molecule has 0 heterocycles. The Morgan fingerprint density at radius 2 is 1.68 bits per heavy atom. The first kappa shape index (κ1) is 19.3. The van der Waals surface area contributed by atoms with Gasteiger partial charge < -0.3 is 4.18 Å². The second-order valence-electron chi connectivity index (χ2n) is 4.55. The van der Waals surface area contributed by atoms with Crippen LogP contribution >= 0.6 is 23.2 Å². The van der Waals surface area contributed by atoms with Gasteiger partial charge in [0.2, 0.25) is 0 Å². The molecule has 134 valence electrons. The molecule has 12 heteroatoms. The molecule has 2 aromatic rings. The number of nitro groups is 1. The van der Waals surface area contributed by atoms with E-state index in [2.05, 4.69) is 4.18 Å². The van der Waals surface area contributed by atoms with Gasteiger partial charge in [0.25, 0.3) is 5.69 Å². The standard InChI is InChI=1S/C13H6Cl2F3NO5S/c14-9-3-1-7(13(16,17)18)5-12(9)25(22,23)24-11-4-2-8(19(20)21)6-10(11)15/h1-6H. The molecular weight excluding hydrogens is 410 g/mol. The minimum Gasteiger partial charge on any atom is -0.377 e. The van der Waals surface area contributed by atoms with Crippen molar-refractivity contribution in [1.82, 2.24) is 0 Å². The zero-order chi connectivity index (χ0) is 19.0. The molecule has 0 bridgehead atoms. The largest absolute Gasteiger partial charge is 0.416 e. The topological polar surface area (TPSA) is 86.5 Å². The van der Waals surface area contributed by atoms with E-state index >= 15 is 0 Å². The van der Waals surface area contributed by atoms with Gasteiger partial charge in [-0.05, 0) is 24.3 Å². The van der Waals surface area contributed by atoms with E-state index in [1.807, 2.05) is 0 Å². The van der Waals surface area contributed by atoms with Crippen molar-refractivity contribution in [3.8, 4) is 5.75 Å². The lowest BCUT2D eigenvalue weighted by Crippen LogP contribution is -2.13. The summed E-state index contributed by atoms with van der Waals surface area (Å²) in [5.74, 6) is -0.499. The molecule has 0 saturated carbocycles. The molecule has 0 N–H and O–H groups in total. The van der Waals surface area contributed by atoms with Gasteiger partial charge in [0.15, 0.2) is 5.75 Å². The lowest BCUT2D eigenvalue weighted by atomic mass is 10.2. The van der Waals surface area contributed by atoms with Gasteiger partial charge in [-0.25, -0.2) is 0 Å². The molecule has 0 aliphatic carbocycles. The van der Waals surface area contributed by atoms with E-state index in [0.717, 1.165) is 24.3 Å². The molecule has 2 aromatic carbocycles. The Bertz CT molecular complexity index is 947. The Kier molecular flexibility index (Phi) is 5.17. The minimum atomic E-state index is -4.79. The van der Waals surface area contributed by atoms with Crippen LogP contribution in [0.5, 0.6) is 5.75 Å². The van der Waals surface area contributed by atoms with Crippen molar-refractivity contribution in [3.63, 3.8) is 0 Å². The minimum absolute atomic E-state index is 0.316. The summed E-state index contributed by atoms with van der Waals surface area (Å²) in [4.78, 5) is 8.92. The number of non-ortho nitro benzene ring substituents is 1. The number of nitro benzene ring substituents is 1. The Balaban J connectivity index is 2.45. The Labute approximate surface area is 149 Å². The highest BCUT2D eigenvalue weighted by Crippen LogP contribution is 2.36. The third kappa shape index (κ3) is 4.33. The van der Waals surface area contributed by atoms with Crippen LogP contribution < -0.4 is 4.18 Å². The first-order valence-electron chi connectivity index (χ1n) is 6.17. The van der Waals surface area contributed by atoms with Crippen molar-refractivity contribution in [2.75, 3.05) is 0 Å². The predicted octanol–water partition coefficient (Wildman–Crippen LogP) is 4.69. The highest BCUT2D eigenvalue weighted by molar-refractivity contribution is 7.87. The van der Waals surface area contributed by atoms with Crippen LogP contribution in [0, 0.1) is 10.1 Å². The second-order valence-corrected chi connectivity index (χ2v) is 6.88. The van der Waals surface area contributed by atoms with Gasteiger partial charge in [0.1, 0.15) is 4.90 Å². The van der Waals surface area contributed by atoms with Crippen LogP contribution in [0.15, 0.2) is 41.3 Å². The van der Waals surface area contributed by atoms with Crippen LogP contribution in [0.1, 0.15) is 5.56 Å². The van der Waals surface area contributed by atoms with Crippen molar-refractivity contribution >= 4 is 39.0 Å². The number of benzene rings is 2. The summed E-state index contributed by atoms with van der Waals surface area (Å²) in [6, 6.07) is 4.35. The fourth-order valence-corrected chi connectivity index (χ4v) is 3.42. The fraction of sp³-hybridized carbons (Fsp3) is 0.0769.